The smallest absolute Gasteiger partial charge is 0.265 e. The number of hydrogen-bond acceptors (Lipinski definition) is 7. The summed E-state index contributed by atoms with van der Waals surface area (Å²) in [6.45, 7) is 15.2. The van der Waals surface area contributed by atoms with Crippen molar-refractivity contribution in [2.75, 3.05) is 5.32 Å². The maximum Gasteiger partial charge on any atom is 0.265 e. The minimum Gasteiger partial charge on any atom is -0.489 e. The van der Waals surface area contributed by atoms with E-state index < -0.39 is 17.2 Å². The van der Waals surface area contributed by atoms with Crippen LogP contribution in [0.15, 0.2) is 95.9 Å². The molecule has 0 radical (unpaired) electrons. The summed E-state index contributed by atoms with van der Waals surface area (Å²) in [6.07, 6.45) is 9.04. The molecular formula is C48H59N5O5S. The highest BCUT2D eigenvalue weighted by molar-refractivity contribution is 7.80. The zero-order chi connectivity index (χ0) is 41.9. The van der Waals surface area contributed by atoms with Gasteiger partial charge < -0.3 is 19.0 Å². The van der Waals surface area contributed by atoms with Crippen molar-refractivity contribution in [2.24, 2.45) is 0 Å². The lowest BCUT2D eigenvalue weighted by atomic mass is 9.93. The first kappa shape index (κ1) is 43.2. The molecule has 2 heterocycles. The van der Waals surface area contributed by atoms with Crippen LogP contribution in [-0.2, 0) is 27.9 Å². The predicted molar refractivity (Wildman–Crippen MR) is 237 cm³/mol. The summed E-state index contributed by atoms with van der Waals surface area (Å²) >= 11 is -1.77. The molecule has 0 spiro atoms. The Hall–Kier alpha value is -5.42. The van der Waals surface area contributed by atoms with Gasteiger partial charge in [0.1, 0.15) is 23.9 Å². The van der Waals surface area contributed by atoms with E-state index in [2.05, 4.69) is 61.3 Å². The highest BCUT2D eigenvalue weighted by Crippen LogP contribution is 2.35. The first-order valence-corrected chi connectivity index (χ1v) is 22.0. The molecule has 1 amide bonds. The number of rotatable bonds is 20. The fourth-order valence-corrected chi connectivity index (χ4v) is 7.96. The topological polar surface area (TPSA) is 120 Å². The minimum atomic E-state index is -1.77. The van der Waals surface area contributed by atoms with Gasteiger partial charge in [0.15, 0.2) is 17.6 Å². The number of nitrogens with one attached hydrogen (secondary N) is 2. The third kappa shape index (κ3) is 11.4. The SMILES string of the molecule is CCCCCCCCCCC(Oc1ccc(S(=O)Oc2ccc(OCc3ccccc3)cc2)cc1)C(=O)Nc1c(C)cc(C)c(-c2nnc3cc(C(C)(C)C)[nH]n23)c1C. The Morgan fingerprint density at radius 2 is 1.44 bits per heavy atom. The molecule has 2 unspecified atom stereocenters. The number of aryl methyl sites for hydroxylation is 2. The van der Waals surface area contributed by atoms with Gasteiger partial charge in [0.05, 0.1) is 4.90 Å². The summed E-state index contributed by atoms with van der Waals surface area (Å²) < 4.78 is 33.2. The first-order chi connectivity index (χ1) is 28.4. The fourth-order valence-electron chi connectivity index (χ4n) is 7.22. The van der Waals surface area contributed by atoms with E-state index in [1.165, 1.54) is 32.1 Å². The maximum atomic E-state index is 14.2. The molecule has 10 nitrogen and oxygen atoms in total. The van der Waals surface area contributed by atoms with Crippen LogP contribution in [0.5, 0.6) is 17.2 Å². The molecule has 0 fully saturated rings. The lowest BCUT2D eigenvalue weighted by Gasteiger charge is -2.22. The molecular weight excluding hydrogens is 759 g/mol. The van der Waals surface area contributed by atoms with Gasteiger partial charge in [-0.2, -0.15) is 0 Å². The van der Waals surface area contributed by atoms with E-state index in [4.69, 9.17) is 13.7 Å². The third-order valence-electron chi connectivity index (χ3n) is 10.6. The van der Waals surface area contributed by atoms with Gasteiger partial charge >= 0.3 is 0 Å². The lowest BCUT2D eigenvalue weighted by molar-refractivity contribution is -0.123. The normalized spacial score (nSPS) is 12.7. The molecule has 6 aromatic rings. The minimum absolute atomic E-state index is 0.0874. The third-order valence-corrected chi connectivity index (χ3v) is 11.6. The van der Waals surface area contributed by atoms with Crippen LogP contribution in [-0.4, -0.2) is 36.0 Å². The standard InChI is InChI=1S/C48H59N5O5S/c1-8-9-10-11-12-13-14-18-21-41(47(54)49-45-34(3)30-33(2)44(35(45)4)46-51-50-43-31-42(48(5,6)7)52-53(43)46)57-38-26-28-40(29-27-38)59(55)58-39-24-22-37(23-25-39)56-32-36-19-16-15-17-20-36/h15-17,19-20,22-31,41,52H,8-14,18,21,32H2,1-7H3,(H,49,54). The highest BCUT2D eigenvalue weighted by atomic mass is 32.2. The van der Waals surface area contributed by atoms with Crippen molar-refractivity contribution in [3.8, 4) is 28.6 Å². The number of aromatic nitrogens is 4. The monoisotopic (exact) mass is 817 g/mol. The maximum absolute atomic E-state index is 14.2. The van der Waals surface area contributed by atoms with Gasteiger partial charge in [-0.1, -0.05) is 109 Å². The van der Waals surface area contributed by atoms with Crippen LogP contribution in [0.4, 0.5) is 5.69 Å². The van der Waals surface area contributed by atoms with E-state index in [1.807, 2.05) is 54.8 Å². The molecule has 6 rings (SSSR count). The Balaban J connectivity index is 1.14. The van der Waals surface area contributed by atoms with E-state index in [0.29, 0.717) is 41.0 Å². The van der Waals surface area contributed by atoms with Gasteiger partial charge in [-0.3, -0.25) is 9.89 Å². The second-order valence-electron chi connectivity index (χ2n) is 16.4. The zero-order valence-corrected chi connectivity index (χ0v) is 36.4. The molecule has 312 valence electrons. The van der Waals surface area contributed by atoms with E-state index in [0.717, 1.165) is 64.1 Å². The van der Waals surface area contributed by atoms with Crippen molar-refractivity contribution in [1.29, 1.82) is 0 Å². The van der Waals surface area contributed by atoms with Gasteiger partial charge in [-0.05, 0) is 104 Å². The van der Waals surface area contributed by atoms with E-state index in [9.17, 15) is 9.00 Å². The number of ether oxygens (including phenoxy) is 2. The molecule has 0 aliphatic heterocycles. The number of H-pyrrole nitrogens is 1. The van der Waals surface area contributed by atoms with E-state index >= 15 is 0 Å². The molecule has 2 aromatic heterocycles. The van der Waals surface area contributed by atoms with Crippen molar-refractivity contribution in [3.05, 3.63) is 119 Å². The Morgan fingerprint density at radius 1 is 0.797 bits per heavy atom. The predicted octanol–water partition coefficient (Wildman–Crippen LogP) is 11.5. The molecule has 2 N–H and O–H groups in total. The summed E-state index contributed by atoms with van der Waals surface area (Å²) in [5.74, 6) is 2.13. The van der Waals surface area contributed by atoms with Crippen LogP contribution in [0.25, 0.3) is 17.0 Å². The van der Waals surface area contributed by atoms with Crippen molar-refractivity contribution in [3.63, 3.8) is 0 Å². The number of aromatic amines is 1. The van der Waals surface area contributed by atoms with Crippen LogP contribution in [0.3, 0.4) is 0 Å². The van der Waals surface area contributed by atoms with Crippen LogP contribution < -0.4 is 19.0 Å². The van der Waals surface area contributed by atoms with E-state index in [1.54, 1.807) is 48.5 Å². The summed E-state index contributed by atoms with van der Waals surface area (Å²) in [5.41, 5.74) is 7.34. The number of anilines is 1. The van der Waals surface area contributed by atoms with Gasteiger partial charge in [0.25, 0.3) is 5.91 Å². The number of carbonyl (C=O) groups excluding carboxylic acids is 1. The summed E-state index contributed by atoms with van der Waals surface area (Å²) in [5, 5.41) is 15.8. The van der Waals surface area contributed by atoms with Crippen molar-refractivity contribution >= 4 is 28.3 Å². The van der Waals surface area contributed by atoms with Crippen molar-refractivity contribution in [1.82, 2.24) is 19.8 Å². The van der Waals surface area contributed by atoms with Gasteiger partial charge in [0.2, 0.25) is 11.1 Å². The average molecular weight is 818 g/mol. The molecule has 0 aliphatic rings. The van der Waals surface area contributed by atoms with Gasteiger partial charge in [-0.25, -0.2) is 8.72 Å². The number of amides is 1. The molecule has 0 aliphatic carbocycles. The molecule has 0 saturated heterocycles. The van der Waals surface area contributed by atoms with Crippen molar-refractivity contribution in [2.45, 2.75) is 129 Å². The Kier molecular flexibility index (Phi) is 14.7. The number of carbonyl (C=O) groups is 1. The summed E-state index contributed by atoms with van der Waals surface area (Å²) in [6, 6.07) is 28.0. The molecule has 11 heteroatoms. The van der Waals surface area contributed by atoms with Gasteiger partial charge in [-0.15, -0.1) is 10.2 Å². The van der Waals surface area contributed by atoms with Crippen LogP contribution in [0.2, 0.25) is 0 Å². The lowest BCUT2D eigenvalue weighted by Crippen LogP contribution is -2.33. The average Bonchev–Trinajstić information content (AvgIpc) is 3.83. The zero-order valence-electron chi connectivity index (χ0n) is 35.6. The molecule has 0 saturated carbocycles. The summed E-state index contributed by atoms with van der Waals surface area (Å²) in [4.78, 5) is 14.7. The Bertz CT molecular complexity index is 2310. The number of fused-ring (bicyclic) bond motifs is 1. The quantitative estimate of drug-likeness (QED) is 0.0736. The summed E-state index contributed by atoms with van der Waals surface area (Å²) in [7, 11) is 0. The molecule has 4 aromatic carbocycles. The van der Waals surface area contributed by atoms with Crippen molar-refractivity contribution < 1.29 is 22.7 Å². The van der Waals surface area contributed by atoms with E-state index in [-0.39, 0.29) is 11.3 Å². The largest absolute Gasteiger partial charge is 0.489 e. The fraction of sp³-hybridized carbons (Fsp3) is 0.396. The second-order valence-corrected chi connectivity index (χ2v) is 17.5. The van der Waals surface area contributed by atoms with Crippen LogP contribution in [0, 0.1) is 20.8 Å². The second kappa shape index (κ2) is 20.0. The number of benzene rings is 4. The Labute approximate surface area is 351 Å². The molecule has 2 atom stereocenters. The van der Waals surface area contributed by atoms with Gasteiger partial charge in [0, 0.05) is 28.4 Å². The number of nitrogens with zero attached hydrogens (tertiary/aromatic N) is 3. The number of unbranched alkanes of at least 4 members (excludes halogenated alkanes) is 7. The Morgan fingerprint density at radius 3 is 2.12 bits per heavy atom. The highest BCUT2D eigenvalue weighted by Gasteiger charge is 2.26. The first-order valence-electron chi connectivity index (χ1n) is 20.9. The van der Waals surface area contributed by atoms with Crippen LogP contribution in [0.1, 0.15) is 113 Å². The van der Waals surface area contributed by atoms with Crippen LogP contribution >= 0.6 is 0 Å². The molecule has 59 heavy (non-hydrogen) atoms. The number of hydrogen-bond donors (Lipinski definition) is 2. The molecule has 0 bridgehead atoms.